The Bertz CT molecular complexity index is 566. The molecule has 0 saturated heterocycles. The van der Waals surface area contributed by atoms with Gasteiger partial charge in [-0.15, -0.1) is 0 Å². The van der Waals surface area contributed by atoms with Crippen LogP contribution in [0.25, 0.3) is 0 Å². The molecule has 1 heterocycles. The van der Waals surface area contributed by atoms with Gasteiger partial charge < -0.3 is 5.32 Å². The van der Waals surface area contributed by atoms with Crippen LogP contribution in [0.15, 0.2) is 30.3 Å². The molecule has 0 bridgehead atoms. The van der Waals surface area contributed by atoms with Gasteiger partial charge in [0.1, 0.15) is 0 Å². The van der Waals surface area contributed by atoms with E-state index in [1.54, 1.807) is 24.3 Å². The molecule has 0 aliphatic carbocycles. The molecule has 0 amide bonds. The Hall–Kier alpha value is -1.30. The average Bonchev–Trinajstić information content (AvgIpc) is 2.73. The summed E-state index contributed by atoms with van der Waals surface area (Å²) in [5, 5.41) is 14.9. The van der Waals surface area contributed by atoms with E-state index in [-0.39, 0.29) is 5.00 Å². The van der Waals surface area contributed by atoms with Crippen molar-refractivity contribution in [2.45, 2.75) is 6.54 Å². The summed E-state index contributed by atoms with van der Waals surface area (Å²) in [6.45, 7) is 0.495. The van der Waals surface area contributed by atoms with Crippen molar-refractivity contribution in [2.75, 3.05) is 5.32 Å². The summed E-state index contributed by atoms with van der Waals surface area (Å²) in [5.41, 5.74) is 0.781. The third-order valence-corrected chi connectivity index (χ3v) is 3.63. The van der Waals surface area contributed by atoms with Crippen LogP contribution < -0.4 is 5.32 Å². The lowest BCUT2D eigenvalue weighted by Crippen LogP contribution is -1.97. The van der Waals surface area contributed by atoms with Crippen molar-refractivity contribution >= 4 is 45.2 Å². The summed E-state index contributed by atoms with van der Waals surface area (Å²) < 4.78 is 0. The van der Waals surface area contributed by atoms with Crippen molar-refractivity contribution in [3.63, 3.8) is 0 Å². The molecule has 1 aromatic carbocycles. The van der Waals surface area contributed by atoms with Crippen LogP contribution in [0.4, 0.5) is 10.7 Å². The SMILES string of the molecule is O=[N+]([O-])c1ccc(CNc2cc(Cl)cc(Cl)c2)s1. The van der Waals surface area contributed by atoms with Gasteiger partial charge in [0.15, 0.2) is 0 Å². The number of halogens is 2. The molecule has 94 valence electrons. The lowest BCUT2D eigenvalue weighted by atomic mass is 10.3. The molecule has 18 heavy (non-hydrogen) atoms. The van der Waals surface area contributed by atoms with Gasteiger partial charge in [-0.2, -0.15) is 0 Å². The molecule has 1 N–H and O–H groups in total. The van der Waals surface area contributed by atoms with E-state index < -0.39 is 4.92 Å². The lowest BCUT2D eigenvalue weighted by Gasteiger charge is -2.05. The first kappa shape index (κ1) is 13.1. The number of nitro groups is 1. The maximum absolute atomic E-state index is 10.5. The van der Waals surface area contributed by atoms with Crippen molar-refractivity contribution in [1.82, 2.24) is 0 Å². The quantitative estimate of drug-likeness (QED) is 0.664. The minimum Gasteiger partial charge on any atom is -0.380 e. The van der Waals surface area contributed by atoms with Crippen LogP contribution in [0.2, 0.25) is 10.0 Å². The molecule has 4 nitrogen and oxygen atoms in total. The number of hydrogen-bond acceptors (Lipinski definition) is 4. The van der Waals surface area contributed by atoms with Gasteiger partial charge in [0.05, 0.1) is 4.92 Å². The second-order valence-corrected chi connectivity index (χ2v) is 5.53. The van der Waals surface area contributed by atoms with Gasteiger partial charge in [-0.25, -0.2) is 0 Å². The molecule has 0 unspecified atom stereocenters. The molecule has 7 heteroatoms. The fraction of sp³-hybridized carbons (Fsp3) is 0.0909. The highest BCUT2D eigenvalue weighted by Crippen LogP contribution is 2.26. The molecular weight excluding hydrogens is 295 g/mol. The Kier molecular flexibility index (Phi) is 4.06. The Balaban J connectivity index is 2.04. The van der Waals surface area contributed by atoms with Crippen molar-refractivity contribution in [2.24, 2.45) is 0 Å². The van der Waals surface area contributed by atoms with Crippen LogP contribution >= 0.6 is 34.5 Å². The predicted octanol–water partition coefficient (Wildman–Crippen LogP) is 4.58. The number of nitrogens with zero attached hydrogens (tertiary/aromatic N) is 1. The van der Waals surface area contributed by atoms with Gasteiger partial charge in [-0.1, -0.05) is 34.5 Å². The number of nitrogens with one attached hydrogen (secondary N) is 1. The normalized spacial score (nSPS) is 10.3. The Morgan fingerprint density at radius 3 is 2.44 bits per heavy atom. The Morgan fingerprint density at radius 2 is 1.89 bits per heavy atom. The van der Waals surface area contributed by atoms with Crippen LogP contribution in [0.1, 0.15) is 4.88 Å². The zero-order valence-electron chi connectivity index (χ0n) is 9.02. The van der Waals surface area contributed by atoms with E-state index in [0.29, 0.717) is 16.6 Å². The highest BCUT2D eigenvalue weighted by atomic mass is 35.5. The fourth-order valence-electron chi connectivity index (χ4n) is 1.40. The van der Waals surface area contributed by atoms with Gasteiger partial charge in [-0.05, 0) is 24.3 Å². The lowest BCUT2D eigenvalue weighted by molar-refractivity contribution is -0.380. The van der Waals surface area contributed by atoms with E-state index in [4.69, 9.17) is 23.2 Å². The fourth-order valence-corrected chi connectivity index (χ4v) is 2.69. The third kappa shape index (κ3) is 3.35. The van der Waals surface area contributed by atoms with Crippen LogP contribution in [-0.4, -0.2) is 4.92 Å². The molecule has 2 aromatic rings. The number of thiophene rings is 1. The second-order valence-electron chi connectivity index (χ2n) is 3.51. The highest BCUT2D eigenvalue weighted by Gasteiger charge is 2.09. The molecular formula is C11H8Cl2N2O2S. The number of rotatable bonds is 4. The minimum absolute atomic E-state index is 0.135. The molecule has 0 aliphatic heterocycles. The van der Waals surface area contributed by atoms with Crippen molar-refractivity contribution in [1.29, 1.82) is 0 Å². The summed E-state index contributed by atoms with van der Waals surface area (Å²) in [7, 11) is 0. The van der Waals surface area contributed by atoms with E-state index >= 15 is 0 Å². The van der Waals surface area contributed by atoms with Crippen LogP contribution in [0, 0.1) is 10.1 Å². The summed E-state index contributed by atoms with van der Waals surface area (Å²) in [6, 6.07) is 8.35. The first-order chi connectivity index (χ1) is 8.54. The molecule has 0 fully saturated rings. The smallest absolute Gasteiger partial charge is 0.324 e. The topological polar surface area (TPSA) is 55.2 Å². The molecule has 0 atom stereocenters. The van der Waals surface area contributed by atoms with Gasteiger partial charge in [0.25, 0.3) is 0 Å². The molecule has 2 rings (SSSR count). The summed E-state index contributed by atoms with van der Waals surface area (Å²) >= 11 is 12.9. The zero-order valence-corrected chi connectivity index (χ0v) is 11.4. The van der Waals surface area contributed by atoms with Crippen LogP contribution in [0.5, 0.6) is 0 Å². The Morgan fingerprint density at radius 1 is 1.22 bits per heavy atom. The van der Waals surface area contributed by atoms with Crippen LogP contribution in [0.3, 0.4) is 0 Å². The summed E-state index contributed by atoms with van der Waals surface area (Å²) in [6.07, 6.45) is 0. The maximum Gasteiger partial charge on any atom is 0.324 e. The van der Waals surface area contributed by atoms with Gasteiger partial charge in [-0.3, -0.25) is 10.1 Å². The van der Waals surface area contributed by atoms with E-state index in [0.717, 1.165) is 21.9 Å². The van der Waals surface area contributed by atoms with Crippen molar-refractivity contribution in [3.05, 3.63) is 55.4 Å². The van der Waals surface area contributed by atoms with E-state index in [1.807, 2.05) is 0 Å². The monoisotopic (exact) mass is 302 g/mol. The first-order valence-electron chi connectivity index (χ1n) is 4.97. The highest BCUT2D eigenvalue weighted by molar-refractivity contribution is 7.15. The molecule has 0 spiro atoms. The van der Waals surface area contributed by atoms with E-state index in [9.17, 15) is 10.1 Å². The summed E-state index contributed by atoms with van der Waals surface area (Å²) in [4.78, 5) is 11.0. The molecule has 1 aromatic heterocycles. The number of anilines is 1. The molecule has 0 radical (unpaired) electrons. The first-order valence-corrected chi connectivity index (χ1v) is 6.55. The minimum atomic E-state index is -0.398. The zero-order chi connectivity index (χ0) is 13.1. The van der Waals surface area contributed by atoms with Gasteiger partial charge in [0, 0.05) is 33.2 Å². The predicted molar refractivity (Wildman–Crippen MR) is 74.8 cm³/mol. The number of benzene rings is 1. The number of hydrogen-bond donors (Lipinski definition) is 1. The van der Waals surface area contributed by atoms with Crippen LogP contribution in [-0.2, 0) is 6.54 Å². The maximum atomic E-state index is 10.5. The second kappa shape index (κ2) is 5.56. The molecule has 0 saturated carbocycles. The van der Waals surface area contributed by atoms with E-state index in [2.05, 4.69) is 5.32 Å². The van der Waals surface area contributed by atoms with Crippen molar-refractivity contribution < 1.29 is 4.92 Å². The third-order valence-electron chi connectivity index (χ3n) is 2.16. The van der Waals surface area contributed by atoms with Gasteiger partial charge >= 0.3 is 5.00 Å². The largest absolute Gasteiger partial charge is 0.380 e. The standard InChI is InChI=1S/C11H8Cl2N2O2S/c12-7-3-8(13)5-9(4-7)14-6-10-1-2-11(18-10)15(16)17/h1-5,14H,6H2. The average molecular weight is 303 g/mol. The van der Waals surface area contributed by atoms with Crippen molar-refractivity contribution in [3.8, 4) is 0 Å². The summed E-state index contributed by atoms with van der Waals surface area (Å²) in [5.74, 6) is 0. The Labute approximate surface area is 117 Å². The van der Waals surface area contributed by atoms with E-state index in [1.165, 1.54) is 6.07 Å². The molecule has 0 aliphatic rings. The van der Waals surface area contributed by atoms with Gasteiger partial charge in [0.2, 0.25) is 0 Å².